The SMILES string of the molecule is CCOc1cc(/C=C/C(=O)NCC(=O)O)ccc1OCc1ccccc1. The lowest BCUT2D eigenvalue weighted by molar-refractivity contribution is -0.137. The topological polar surface area (TPSA) is 84.9 Å². The normalized spacial score (nSPS) is 10.5. The number of aliphatic carboxylic acids is 1. The Hall–Kier alpha value is -3.28. The average molecular weight is 355 g/mol. The smallest absolute Gasteiger partial charge is 0.322 e. The van der Waals surface area contributed by atoms with Crippen molar-refractivity contribution < 1.29 is 24.2 Å². The Labute approximate surface area is 152 Å². The molecule has 2 N–H and O–H groups in total. The highest BCUT2D eigenvalue weighted by Crippen LogP contribution is 2.29. The molecule has 0 saturated heterocycles. The Balaban J connectivity index is 2.04. The van der Waals surface area contributed by atoms with E-state index in [0.717, 1.165) is 11.1 Å². The molecule has 0 aliphatic heterocycles. The van der Waals surface area contributed by atoms with Crippen LogP contribution in [-0.4, -0.2) is 30.1 Å². The third-order valence-electron chi connectivity index (χ3n) is 3.35. The van der Waals surface area contributed by atoms with Crippen LogP contribution in [0.4, 0.5) is 0 Å². The standard InChI is InChI=1S/C20H21NO5/c1-2-25-18-12-15(9-11-19(22)21-13-20(23)24)8-10-17(18)26-14-16-6-4-3-5-7-16/h3-12H,2,13-14H2,1H3,(H,21,22)(H,23,24)/b11-9+. The van der Waals surface area contributed by atoms with E-state index in [1.54, 1.807) is 24.3 Å². The molecular formula is C20H21NO5. The van der Waals surface area contributed by atoms with Gasteiger partial charge in [-0.3, -0.25) is 9.59 Å². The molecule has 2 rings (SSSR count). The lowest BCUT2D eigenvalue weighted by atomic mass is 10.2. The van der Waals surface area contributed by atoms with Crippen LogP contribution >= 0.6 is 0 Å². The van der Waals surface area contributed by atoms with Gasteiger partial charge in [0.1, 0.15) is 13.2 Å². The van der Waals surface area contributed by atoms with Gasteiger partial charge in [0.2, 0.25) is 5.91 Å². The summed E-state index contributed by atoms with van der Waals surface area (Å²) in [5.74, 6) is -0.375. The van der Waals surface area contributed by atoms with Crippen molar-refractivity contribution in [3.63, 3.8) is 0 Å². The second kappa shape index (κ2) is 9.88. The van der Waals surface area contributed by atoms with Gasteiger partial charge in [0.15, 0.2) is 11.5 Å². The summed E-state index contributed by atoms with van der Waals surface area (Å²) in [5.41, 5.74) is 1.79. The number of ether oxygens (including phenoxy) is 2. The van der Waals surface area contributed by atoms with Gasteiger partial charge in [-0.1, -0.05) is 36.4 Å². The Morgan fingerprint density at radius 2 is 1.85 bits per heavy atom. The van der Waals surface area contributed by atoms with Gasteiger partial charge >= 0.3 is 5.97 Å². The van der Waals surface area contributed by atoms with E-state index in [4.69, 9.17) is 14.6 Å². The number of carbonyl (C=O) groups is 2. The molecule has 0 bridgehead atoms. The quantitative estimate of drug-likeness (QED) is 0.676. The second-order valence-electron chi connectivity index (χ2n) is 5.36. The van der Waals surface area contributed by atoms with Gasteiger partial charge < -0.3 is 19.9 Å². The molecule has 0 aromatic heterocycles. The minimum absolute atomic E-state index is 0.417. The van der Waals surface area contributed by atoms with Gasteiger partial charge in [-0.15, -0.1) is 0 Å². The summed E-state index contributed by atoms with van der Waals surface area (Å²) in [6, 6.07) is 15.2. The first kappa shape index (κ1) is 19.1. The maximum absolute atomic E-state index is 11.5. The van der Waals surface area contributed by atoms with E-state index in [-0.39, 0.29) is 0 Å². The number of amides is 1. The number of carbonyl (C=O) groups excluding carboxylic acids is 1. The van der Waals surface area contributed by atoms with Crippen molar-refractivity contribution in [2.45, 2.75) is 13.5 Å². The molecule has 0 aliphatic rings. The van der Waals surface area contributed by atoms with E-state index in [2.05, 4.69) is 5.32 Å². The molecule has 1 amide bonds. The summed E-state index contributed by atoms with van der Waals surface area (Å²) < 4.78 is 11.4. The fourth-order valence-corrected chi connectivity index (χ4v) is 2.14. The molecule has 0 atom stereocenters. The fourth-order valence-electron chi connectivity index (χ4n) is 2.14. The van der Waals surface area contributed by atoms with Gasteiger partial charge in [0, 0.05) is 6.08 Å². The molecule has 0 heterocycles. The van der Waals surface area contributed by atoms with Crippen LogP contribution in [0.15, 0.2) is 54.6 Å². The van der Waals surface area contributed by atoms with Crippen molar-refractivity contribution in [3.05, 3.63) is 65.7 Å². The number of carboxylic acid groups (broad SMARTS) is 1. The zero-order valence-electron chi connectivity index (χ0n) is 14.5. The van der Waals surface area contributed by atoms with Crippen LogP contribution in [-0.2, 0) is 16.2 Å². The van der Waals surface area contributed by atoms with Crippen molar-refractivity contribution in [2.75, 3.05) is 13.2 Å². The van der Waals surface area contributed by atoms with Gasteiger partial charge in [0.25, 0.3) is 0 Å². The Morgan fingerprint density at radius 3 is 2.54 bits per heavy atom. The van der Waals surface area contributed by atoms with Crippen LogP contribution in [0.3, 0.4) is 0 Å². The first-order chi connectivity index (χ1) is 12.6. The number of hydrogen-bond donors (Lipinski definition) is 2. The summed E-state index contributed by atoms with van der Waals surface area (Å²) in [5, 5.41) is 10.8. The molecule has 0 unspecified atom stereocenters. The molecule has 6 heteroatoms. The molecule has 26 heavy (non-hydrogen) atoms. The summed E-state index contributed by atoms with van der Waals surface area (Å²) in [7, 11) is 0. The van der Waals surface area contributed by atoms with Crippen LogP contribution in [0.5, 0.6) is 11.5 Å². The average Bonchev–Trinajstić information content (AvgIpc) is 2.65. The highest BCUT2D eigenvalue weighted by Gasteiger charge is 2.07. The van der Waals surface area contributed by atoms with E-state index < -0.39 is 18.4 Å². The molecule has 0 fully saturated rings. The molecule has 136 valence electrons. The largest absolute Gasteiger partial charge is 0.490 e. The van der Waals surface area contributed by atoms with Gasteiger partial charge in [-0.05, 0) is 36.3 Å². The third kappa shape index (κ3) is 6.32. The van der Waals surface area contributed by atoms with Crippen LogP contribution < -0.4 is 14.8 Å². The zero-order chi connectivity index (χ0) is 18.8. The summed E-state index contributed by atoms with van der Waals surface area (Å²) >= 11 is 0. The van der Waals surface area contributed by atoms with E-state index in [0.29, 0.717) is 24.7 Å². The predicted octanol–water partition coefficient (Wildman–Crippen LogP) is 2.88. The van der Waals surface area contributed by atoms with Gasteiger partial charge in [-0.25, -0.2) is 0 Å². The van der Waals surface area contributed by atoms with Crippen LogP contribution in [0, 0.1) is 0 Å². The number of carboxylic acids is 1. The van der Waals surface area contributed by atoms with E-state index in [1.165, 1.54) is 6.08 Å². The highest BCUT2D eigenvalue weighted by molar-refractivity contribution is 5.93. The number of nitrogens with one attached hydrogen (secondary N) is 1. The first-order valence-electron chi connectivity index (χ1n) is 8.19. The molecule has 0 radical (unpaired) electrons. The van der Waals surface area contributed by atoms with Crippen molar-refractivity contribution in [1.82, 2.24) is 5.32 Å². The Morgan fingerprint density at radius 1 is 1.08 bits per heavy atom. The number of hydrogen-bond acceptors (Lipinski definition) is 4. The third-order valence-corrected chi connectivity index (χ3v) is 3.35. The molecule has 0 saturated carbocycles. The Kier molecular flexibility index (Phi) is 7.24. The monoisotopic (exact) mass is 355 g/mol. The summed E-state index contributed by atoms with van der Waals surface area (Å²) in [4.78, 5) is 22.0. The molecule has 0 aliphatic carbocycles. The fraction of sp³-hybridized carbons (Fsp3) is 0.200. The van der Waals surface area contributed by atoms with Crippen molar-refractivity contribution in [3.8, 4) is 11.5 Å². The van der Waals surface area contributed by atoms with Gasteiger partial charge in [-0.2, -0.15) is 0 Å². The predicted molar refractivity (Wildman–Crippen MR) is 98.1 cm³/mol. The van der Waals surface area contributed by atoms with Crippen molar-refractivity contribution in [1.29, 1.82) is 0 Å². The number of benzene rings is 2. The molecule has 6 nitrogen and oxygen atoms in total. The first-order valence-corrected chi connectivity index (χ1v) is 8.19. The summed E-state index contributed by atoms with van der Waals surface area (Å²) in [6.07, 6.45) is 2.86. The molecule has 2 aromatic rings. The minimum Gasteiger partial charge on any atom is -0.490 e. The molecule has 2 aromatic carbocycles. The van der Waals surface area contributed by atoms with Crippen LogP contribution in [0.1, 0.15) is 18.1 Å². The van der Waals surface area contributed by atoms with E-state index in [1.807, 2.05) is 37.3 Å². The highest BCUT2D eigenvalue weighted by atomic mass is 16.5. The maximum Gasteiger partial charge on any atom is 0.322 e. The van der Waals surface area contributed by atoms with E-state index in [9.17, 15) is 9.59 Å². The van der Waals surface area contributed by atoms with Crippen molar-refractivity contribution >= 4 is 18.0 Å². The lowest BCUT2D eigenvalue weighted by Crippen LogP contribution is -2.27. The van der Waals surface area contributed by atoms with E-state index >= 15 is 0 Å². The van der Waals surface area contributed by atoms with Gasteiger partial charge in [0.05, 0.1) is 6.61 Å². The zero-order valence-corrected chi connectivity index (χ0v) is 14.5. The van der Waals surface area contributed by atoms with Crippen LogP contribution in [0.2, 0.25) is 0 Å². The second-order valence-corrected chi connectivity index (χ2v) is 5.36. The van der Waals surface area contributed by atoms with Crippen LogP contribution in [0.25, 0.3) is 6.08 Å². The lowest BCUT2D eigenvalue weighted by Gasteiger charge is -2.12. The molecular weight excluding hydrogens is 334 g/mol. The van der Waals surface area contributed by atoms with Crippen molar-refractivity contribution in [2.24, 2.45) is 0 Å². The molecule has 0 spiro atoms. The maximum atomic E-state index is 11.5. The Bertz CT molecular complexity index is 771. The number of rotatable bonds is 9. The minimum atomic E-state index is -1.09. The summed E-state index contributed by atoms with van der Waals surface area (Å²) in [6.45, 7) is 2.37.